The van der Waals surface area contributed by atoms with Crippen molar-refractivity contribution in [3.63, 3.8) is 0 Å². The van der Waals surface area contributed by atoms with Gasteiger partial charge in [-0.25, -0.2) is 0 Å². The summed E-state index contributed by atoms with van der Waals surface area (Å²) >= 11 is 0. The zero-order valence-corrected chi connectivity index (χ0v) is 21.6. The minimum atomic E-state index is 0.260. The molecule has 0 aliphatic carbocycles. The first-order valence-corrected chi connectivity index (χ1v) is 13.7. The fourth-order valence-corrected chi connectivity index (χ4v) is 4.50. The number of ether oxygens (including phenoxy) is 2. The molecule has 0 bridgehead atoms. The Morgan fingerprint density at radius 1 is 0.562 bits per heavy atom. The lowest BCUT2D eigenvalue weighted by atomic mass is 10.0. The van der Waals surface area contributed by atoms with Crippen molar-refractivity contribution in [2.45, 2.75) is 135 Å². The molecular formula is C29H52O3. The minimum Gasteiger partial charge on any atom is -0.504 e. The van der Waals surface area contributed by atoms with Crippen LogP contribution in [0.1, 0.15) is 134 Å². The second kappa shape index (κ2) is 20.2. The van der Waals surface area contributed by atoms with Crippen LogP contribution in [0.25, 0.3) is 0 Å². The highest BCUT2D eigenvalue weighted by Crippen LogP contribution is 2.35. The van der Waals surface area contributed by atoms with Gasteiger partial charge in [0.05, 0.1) is 14.2 Å². The molecule has 0 aliphatic heterocycles. The van der Waals surface area contributed by atoms with Crippen molar-refractivity contribution in [3.8, 4) is 17.2 Å². The monoisotopic (exact) mass is 448 g/mol. The van der Waals surface area contributed by atoms with Crippen LogP contribution in [-0.4, -0.2) is 19.3 Å². The Balaban J connectivity index is 1.88. The van der Waals surface area contributed by atoms with Crippen molar-refractivity contribution in [3.05, 3.63) is 17.7 Å². The zero-order chi connectivity index (χ0) is 23.3. The molecule has 1 aromatic carbocycles. The number of benzene rings is 1. The molecule has 0 saturated heterocycles. The number of phenols is 1. The van der Waals surface area contributed by atoms with Gasteiger partial charge < -0.3 is 14.6 Å². The van der Waals surface area contributed by atoms with Crippen LogP contribution in [-0.2, 0) is 6.42 Å². The number of methoxy groups -OCH3 is 2. The third-order valence-corrected chi connectivity index (χ3v) is 6.63. The molecule has 0 atom stereocenters. The number of unbranched alkanes of at least 4 members (excludes halogenated alkanes) is 18. The molecule has 1 N–H and O–H groups in total. The average Bonchev–Trinajstić information content (AvgIpc) is 2.81. The molecule has 0 heterocycles. The Morgan fingerprint density at radius 3 is 1.34 bits per heavy atom. The van der Waals surface area contributed by atoms with Gasteiger partial charge in [-0.1, -0.05) is 122 Å². The van der Waals surface area contributed by atoms with Gasteiger partial charge in [0.15, 0.2) is 11.5 Å². The normalized spacial score (nSPS) is 11.1. The van der Waals surface area contributed by atoms with Gasteiger partial charge in [-0.05, 0) is 18.9 Å². The van der Waals surface area contributed by atoms with Gasteiger partial charge in [0, 0.05) is 11.6 Å². The molecule has 0 spiro atoms. The van der Waals surface area contributed by atoms with Crippen molar-refractivity contribution >= 4 is 0 Å². The van der Waals surface area contributed by atoms with E-state index >= 15 is 0 Å². The summed E-state index contributed by atoms with van der Waals surface area (Å²) in [5, 5.41) is 10.3. The SMILES string of the molecule is CCCCCCCCCCCCCCCCCCCCCc1cc(OC)cc(OC)c1O. The molecule has 0 radical (unpaired) electrons. The molecule has 0 saturated carbocycles. The fourth-order valence-electron chi connectivity index (χ4n) is 4.50. The molecule has 0 fully saturated rings. The van der Waals surface area contributed by atoms with Crippen molar-refractivity contribution < 1.29 is 14.6 Å². The summed E-state index contributed by atoms with van der Waals surface area (Å²) in [7, 11) is 3.22. The van der Waals surface area contributed by atoms with Gasteiger partial charge in [0.1, 0.15) is 5.75 Å². The van der Waals surface area contributed by atoms with E-state index in [0.29, 0.717) is 5.75 Å². The maximum absolute atomic E-state index is 10.3. The number of rotatable bonds is 22. The summed E-state index contributed by atoms with van der Waals surface area (Å²) in [6, 6.07) is 3.65. The number of phenolic OH excluding ortho intramolecular Hbond substituents is 1. The molecule has 0 amide bonds. The molecule has 32 heavy (non-hydrogen) atoms. The van der Waals surface area contributed by atoms with Crippen LogP contribution in [0.5, 0.6) is 17.2 Å². The molecule has 0 aliphatic rings. The van der Waals surface area contributed by atoms with Crippen molar-refractivity contribution in [1.82, 2.24) is 0 Å². The van der Waals surface area contributed by atoms with E-state index in [4.69, 9.17) is 9.47 Å². The number of hydrogen-bond donors (Lipinski definition) is 1. The van der Waals surface area contributed by atoms with Gasteiger partial charge >= 0.3 is 0 Å². The third kappa shape index (κ3) is 13.9. The van der Waals surface area contributed by atoms with E-state index in [1.165, 1.54) is 116 Å². The molecule has 1 rings (SSSR count). The quantitative estimate of drug-likeness (QED) is 0.179. The predicted molar refractivity (Wildman–Crippen MR) is 138 cm³/mol. The van der Waals surface area contributed by atoms with E-state index in [9.17, 15) is 5.11 Å². The van der Waals surface area contributed by atoms with Gasteiger partial charge in [-0.3, -0.25) is 0 Å². The lowest BCUT2D eigenvalue weighted by molar-refractivity contribution is 0.360. The summed E-state index contributed by atoms with van der Waals surface area (Å²) < 4.78 is 10.5. The highest BCUT2D eigenvalue weighted by Gasteiger charge is 2.10. The molecule has 0 aromatic heterocycles. The fraction of sp³-hybridized carbons (Fsp3) is 0.793. The molecule has 3 nitrogen and oxygen atoms in total. The van der Waals surface area contributed by atoms with Crippen LogP contribution in [0.15, 0.2) is 12.1 Å². The Bertz CT molecular complexity index is 556. The molecule has 0 unspecified atom stereocenters. The largest absolute Gasteiger partial charge is 0.504 e. The maximum Gasteiger partial charge on any atom is 0.164 e. The first-order chi connectivity index (χ1) is 15.7. The maximum atomic E-state index is 10.3. The van der Waals surface area contributed by atoms with Crippen molar-refractivity contribution in [2.24, 2.45) is 0 Å². The van der Waals surface area contributed by atoms with E-state index in [2.05, 4.69) is 6.92 Å². The summed E-state index contributed by atoms with van der Waals surface area (Å²) in [4.78, 5) is 0. The summed E-state index contributed by atoms with van der Waals surface area (Å²) in [6.07, 6.45) is 27.2. The zero-order valence-electron chi connectivity index (χ0n) is 21.6. The standard InChI is InChI=1S/C29H52O3/c1-4-5-6-7-8-9-10-11-12-13-14-15-16-17-18-19-20-21-22-23-26-24-27(31-2)25-28(32-3)29(26)30/h24-25,30H,4-23H2,1-3H3. The summed E-state index contributed by atoms with van der Waals surface area (Å²) in [5.41, 5.74) is 0.924. The average molecular weight is 449 g/mol. The first-order valence-electron chi connectivity index (χ1n) is 13.7. The van der Waals surface area contributed by atoms with E-state index < -0.39 is 0 Å². The highest BCUT2D eigenvalue weighted by molar-refractivity contribution is 5.50. The van der Waals surface area contributed by atoms with E-state index in [0.717, 1.165) is 24.2 Å². The Hall–Kier alpha value is -1.38. The van der Waals surface area contributed by atoms with Crippen LogP contribution in [0.2, 0.25) is 0 Å². The van der Waals surface area contributed by atoms with Crippen LogP contribution in [0.4, 0.5) is 0 Å². The lowest BCUT2D eigenvalue weighted by Gasteiger charge is -2.11. The third-order valence-electron chi connectivity index (χ3n) is 6.63. The lowest BCUT2D eigenvalue weighted by Crippen LogP contribution is -1.94. The van der Waals surface area contributed by atoms with Crippen molar-refractivity contribution in [1.29, 1.82) is 0 Å². The molecule has 186 valence electrons. The van der Waals surface area contributed by atoms with E-state index in [1.54, 1.807) is 20.3 Å². The van der Waals surface area contributed by atoms with Crippen molar-refractivity contribution in [2.75, 3.05) is 14.2 Å². The number of hydrogen-bond acceptors (Lipinski definition) is 3. The van der Waals surface area contributed by atoms with Crippen LogP contribution < -0.4 is 9.47 Å². The van der Waals surface area contributed by atoms with Gasteiger partial charge in [0.2, 0.25) is 0 Å². The molecule has 3 heteroatoms. The van der Waals surface area contributed by atoms with E-state index in [-0.39, 0.29) is 5.75 Å². The second-order valence-corrected chi connectivity index (χ2v) is 9.45. The molecule has 1 aromatic rings. The highest BCUT2D eigenvalue weighted by atomic mass is 16.5. The topological polar surface area (TPSA) is 38.7 Å². The van der Waals surface area contributed by atoms with E-state index in [1.807, 2.05) is 6.07 Å². The van der Waals surface area contributed by atoms with Gasteiger partial charge in [0.25, 0.3) is 0 Å². The smallest absolute Gasteiger partial charge is 0.164 e. The Kier molecular flexibility index (Phi) is 18.1. The van der Waals surface area contributed by atoms with Crippen LogP contribution >= 0.6 is 0 Å². The second-order valence-electron chi connectivity index (χ2n) is 9.45. The Morgan fingerprint density at radius 2 is 0.969 bits per heavy atom. The predicted octanol–water partition coefficient (Wildman–Crippen LogP) is 9.38. The summed E-state index contributed by atoms with van der Waals surface area (Å²) in [5.74, 6) is 1.50. The number of aromatic hydroxyl groups is 1. The number of aryl methyl sites for hydroxylation is 1. The van der Waals surface area contributed by atoms with Crippen LogP contribution in [0.3, 0.4) is 0 Å². The van der Waals surface area contributed by atoms with Crippen LogP contribution in [0, 0.1) is 0 Å². The first kappa shape index (κ1) is 28.7. The Labute approximate surface area is 199 Å². The minimum absolute atomic E-state index is 0.260. The molecular weight excluding hydrogens is 396 g/mol. The van der Waals surface area contributed by atoms with Gasteiger partial charge in [-0.2, -0.15) is 0 Å². The summed E-state index contributed by atoms with van der Waals surface area (Å²) in [6.45, 7) is 2.29. The van der Waals surface area contributed by atoms with Gasteiger partial charge in [-0.15, -0.1) is 0 Å².